The molecule has 1 aromatic carbocycles. The lowest BCUT2D eigenvalue weighted by molar-refractivity contribution is -0.137. The van der Waals surface area contributed by atoms with E-state index in [1.54, 1.807) is 25.1 Å². The molecule has 1 amide bonds. The Bertz CT molecular complexity index is 566. The van der Waals surface area contributed by atoms with Crippen molar-refractivity contribution >= 4 is 11.9 Å². The normalized spacial score (nSPS) is 15.9. The molecule has 0 spiro atoms. The van der Waals surface area contributed by atoms with E-state index in [1.165, 1.54) is 20.0 Å². The summed E-state index contributed by atoms with van der Waals surface area (Å²) in [5.74, 6) is -0.134. The number of amides is 1. The Morgan fingerprint density at radius 1 is 1.30 bits per heavy atom. The van der Waals surface area contributed by atoms with Crippen LogP contribution < -0.4 is 14.8 Å². The predicted molar refractivity (Wildman–Crippen MR) is 85.1 cm³/mol. The first-order valence-corrected chi connectivity index (χ1v) is 7.87. The molecule has 126 valence electrons. The molecule has 1 aliphatic rings. The minimum atomic E-state index is -0.948. The minimum Gasteiger partial charge on any atom is -0.493 e. The molecular weight excluding hydrogens is 298 g/mol. The zero-order valence-electron chi connectivity index (χ0n) is 13.5. The zero-order chi connectivity index (χ0) is 16.8. The van der Waals surface area contributed by atoms with Crippen LogP contribution in [-0.2, 0) is 4.79 Å². The fourth-order valence-electron chi connectivity index (χ4n) is 2.71. The SMILES string of the molecule is COc1cc(C(=O)NC(C)CC(=O)O)ccc1OC1CCCC1. The van der Waals surface area contributed by atoms with Gasteiger partial charge in [-0.1, -0.05) is 0 Å². The van der Waals surface area contributed by atoms with Gasteiger partial charge in [0.1, 0.15) is 0 Å². The summed E-state index contributed by atoms with van der Waals surface area (Å²) < 4.78 is 11.2. The van der Waals surface area contributed by atoms with Gasteiger partial charge >= 0.3 is 5.97 Å². The number of hydrogen-bond donors (Lipinski definition) is 2. The number of carboxylic acids is 1. The van der Waals surface area contributed by atoms with E-state index < -0.39 is 12.0 Å². The number of benzene rings is 1. The van der Waals surface area contributed by atoms with Crippen LogP contribution in [0.15, 0.2) is 18.2 Å². The van der Waals surface area contributed by atoms with Gasteiger partial charge in [0.05, 0.1) is 19.6 Å². The molecule has 1 aliphatic carbocycles. The van der Waals surface area contributed by atoms with Crippen LogP contribution in [-0.4, -0.2) is 36.2 Å². The van der Waals surface area contributed by atoms with Gasteiger partial charge in [-0.2, -0.15) is 0 Å². The minimum absolute atomic E-state index is 0.119. The maximum absolute atomic E-state index is 12.2. The highest BCUT2D eigenvalue weighted by atomic mass is 16.5. The Morgan fingerprint density at radius 3 is 2.61 bits per heavy atom. The van der Waals surface area contributed by atoms with Crippen molar-refractivity contribution in [1.29, 1.82) is 0 Å². The van der Waals surface area contributed by atoms with Crippen molar-refractivity contribution in [1.82, 2.24) is 5.32 Å². The quantitative estimate of drug-likeness (QED) is 0.806. The summed E-state index contributed by atoms with van der Waals surface area (Å²) >= 11 is 0. The standard InChI is InChI=1S/C17H23NO5/c1-11(9-16(19)20)18-17(21)12-7-8-14(15(10-12)22-2)23-13-5-3-4-6-13/h7-8,10-11,13H,3-6,9H2,1-2H3,(H,18,21)(H,19,20). The summed E-state index contributed by atoms with van der Waals surface area (Å²) in [5.41, 5.74) is 0.415. The second kappa shape index (κ2) is 7.85. The van der Waals surface area contributed by atoms with E-state index in [9.17, 15) is 9.59 Å². The summed E-state index contributed by atoms with van der Waals surface area (Å²) in [4.78, 5) is 22.8. The van der Waals surface area contributed by atoms with E-state index in [4.69, 9.17) is 14.6 Å². The lowest BCUT2D eigenvalue weighted by atomic mass is 10.1. The van der Waals surface area contributed by atoms with Gasteiger partial charge in [-0.25, -0.2) is 0 Å². The number of nitrogens with one attached hydrogen (secondary N) is 1. The Balaban J connectivity index is 2.05. The highest BCUT2D eigenvalue weighted by Crippen LogP contribution is 2.32. The molecule has 1 fully saturated rings. The molecule has 23 heavy (non-hydrogen) atoms. The molecule has 0 saturated heterocycles. The second-order valence-corrected chi connectivity index (χ2v) is 5.86. The molecule has 1 saturated carbocycles. The third-order valence-electron chi connectivity index (χ3n) is 3.88. The van der Waals surface area contributed by atoms with E-state index in [1.807, 2.05) is 0 Å². The summed E-state index contributed by atoms with van der Waals surface area (Å²) in [6, 6.07) is 4.57. The number of aliphatic carboxylic acids is 1. The molecule has 0 bridgehead atoms. The fraction of sp³-hybridized carbons (Fsp3) is 0.529. The first-order valence-electron chi connectivity index (χ1n) is 7.87. The molecule has 2 rings (SSSR count). The Labute approximate surface area is 135 Å². The lowest BCUT2D eigenvalue weighted by Crippen LogP contribution is -2.34. The van der Waals surface area contributed by atoms with E-state index in [2.05, 4.69) is 5.32 Å². The van der Waals surface area contributed by atoms with Gasteiger partial charge in [0, 0.05) is 11.6 Å². The number of hydrogen-bond acceptors (Lipinski definition) is 4. The van der Waals surface area contributed by atoms with Crippen LogP contribution in [0.4, 0.5) is 0 Å². The molecule has 0 radical (unpaired) electrons. The first kappa shape index (κ1) is 17.1. The molecule has 1 aromatic rings. The highest BCUT2D eigenvalue weighted by Gasteiger charge is 2.20. The van der Waals surface area contributed by atoms with Crippen LogP contribution in [0.25, 0.3) is 0 Å². The van der Waals surface area contributed by atoms with Crippen molar-refractivity contribution in [2.75, 3.05) is 7.11 Å². The topological polar surface area (TPSA) is 84.9 Å². The molecule has 0 heterocycles. The molecular formula is C17H23NO5. The fourth-order valence-corrected chi connectivity index (χ4v) is 2.71. The molecule has 6 heteroatoms. The summed E-state index contributed by atoms with van der Waals surface area (Å²) in [6.45, 7) is 1.65. The predicted octanol–water partition coefficient (Wildman–Crippen LogP) is 2.61. The van der Waals surface area contributed by atoms with Crippen LogP contribution >= 0.6 is 0 Å². The van der Waals surface area contributed by atoms with Crippen molar-refractivity contribution in [2.24, 2.45) is 0 Å². The maximum Gasteiger partial charge on any atom is 0.305 e. The van der Waals surface area contributed by atoms with Crippen molar-refractivity contribution < 1.29 is 24.2 Å². The van der Waals surface area contributed by atoms with Gasteiger partial charge in [-0.15, -0.1) is 0 Å². The number of ether oxygens (including phenoxy) is 2. The second-order valence-electron chi connectivity index (χ2n) is 5.86. The Hall–Kier alpha value is -2.24. The molecule has 0 aliphatic heterocycles. The van der Waals surface area contributed by atoms with Gasteiger partial charge < -0.3 is 19.9 Å². The van der Waals surface area contributed by atoms with Gasteiger partial charge in [0.25, 0.3) is 5.91 Å². The van der Waals surface area contributed by atoms with Gasteiger partial charge in [-0.05, 0) is 50.8 Å². The van der Waals surface area contributed by atoms with Gasteiger partial charge in [0.15, 0.2) is 11.5 Å². The van der Waals surface area contributed by atoms with E-state index >= 15 is 0 Å². The third-order valence-corrected chi connectivity index (χ3v) is 3.88. The summed E-state index contributed by atoms with van der Waals surface area (Å²) in [6.07, 6.45) is 4.52. The van der Waals surface area contributed by atoms with Crippen LogP contribution in [0.1, 0.15) is 49.4 Å². The van der Waals surface area contributed by atoms with Crippen molar-refractivity contribution in [3.63, 3.8) is 0 Å². The van der Waals surface area contributed by atoms with Crippen molar-refractivity contribution in [3.8, 4) is 11.5 Å². The Kier molecular flexibility index (Phi) is 5.84. The molecule has 1 unspecified atom stereocenters. The highest BCUT2D eigenvalue weighted by molar-refractivity contribution is 5.95. The van der Waals surface area contributed by atoms with Gasteiger partial charge in [0.2, 0.25) is 0 Å². The van der Waals surface area contributed by atoms with E-state index in [0.717, 1.165) is 12.8 Å². The van der Waals surface area contributed by atoms with Crippen LogP contribution in [0, 0.1) is 0 Å². The molecule has 0 aromatic heterocycles. The lowest BCUT2D eigenvalue weighted by Gasteiger charge is -2.17. The maximum atomic E-state index is 12.2. The third kappa shape index (κ3) is 4.87. The van der Waals surface area contributed by atoms with Crippen molar-refractivity contribution in [2.45, 2.75) is 51.2 Å². The van der Waals surface area contributed by atoms with E-state index in [0.29, 0.717) is 17.1 Å². The molecule has 2 N–H and O–H groups in total. The Morgan fingerprint density at radius 2 is 2.00 bits per heavy atom. The van der Waals surface area contributed by atoms with Crippen LogP contribution in [0.5, 0.6) is 11.5 Å². The number of carbonyl (C=O) groups is 2. The molecule has 6 nitrogen and oxygen atoms in total. The summed E-state index contributed by atoms with van der Waals surface area (Å²) in [5, 5.41) is 11.4. The zero-order valence-corrected chi connectivity index (χ0v) is 13.5. The van der Waals surface area contributed by atoms with E-state index in [-0.39, 0.29) is 18.4 Å². The van der Waals surface area contributed by atoms with Crippen LogP contribution in [0.2, 0.25) is 0 Å². The number of rotatable bonds is 7. The monoisotopic (exact) mass is 321 g/mol. The largest absolute Gasteiger partial charge is 0.493 e. The van der Waals surface area contributed by atoms with Gasteiger partial charge in [-0.3, -0.25) is 9.59 Å². The summed E-state index contributed by atoms with van der Waals surface area (Å²) in [7, 11) is 1.53. The number of carboxylic acid groups (broad SMARTS) is 1. The number of methoxy groups -OCH3 is 1. The average Bonchev–Trinajstić information content (AvgIpc) is 2.99. The van der Waals surface area contributed by atoms with Crippen LogP contribution in [0.3, 0.4) is 0 Å². The average molecular weight is 321 g/mol. The smallest absolute Gasteiger partial charge is 0.305 e. The molecule has 1 atom stereocenters. The number of carbonyl (C=O) groups excluding carboxylic acids is 1. The van der Waals surface area contributed by atoms with Crippen molar-refractivity contribution in [3.05, 3.63) is 23.8 Å². The first-order chi connectivity index (χ1) is 11.0.